The van der Waals surface area contributed by atoms with Gasteiger partial charge in [-0.1, -0.05) is 18.2 Å². The molecule has 10 heteroatoms. The molecular formula is C11H17N2NaO6S. The van der Waals surface area contributed by atoms with E-state index in [-0.39, 0.29) is 50.2 Å². The zero-order chi connectivity index (χ0) is 15.1. The third-order valence-corrected chi connectivity index (χ3v) is 3.57. The van der Waals surface area contributed by atoms with Crippen molar-refractivity contribution >= 4 is 16.4 Å². The van der Waals surface area contributed by atoms with Gasteiger partial charge in [-0.3, -0.25) is 4.55 Å². The number of carbonyl (C=O) groups excluding carboxylic acids is 1. The molecule has 2 bridgehead atoms. The Morgan fingerprint density at radius 2 is 2.24 bits per heavy atom. The molecule has 0 saturated carbocycles. The predicted octanol–water partition coefficient (Wildman–Crippen LogP) is -2.53. The fourth-order valence-electron chi connectivity index (χ4n) is 2.43. The molecule has 2 atom stereocenters. The Bertz CT molecular complexity index is 581. The number of hydrogen-bond donors (Lipinski definition) is 1. The summed E-state index contributed by atoms with van der Waals surface area (Å²) in [5.41, 5.74) is 1.38. The molecule has 2 amide bonds. The molecule has 8 nitrogen and oxygen atoms in total. The number of nitrogens with zero attached hydrogens (tertiary/aromatic N) is 2. The van der Waals surface area contributed by atoms with Crippen LogP contribution in [-0.4, -0.2) is 61.3 Å². The molecule has 2 aliphatic heterocycles. The first-order valence-electron chi connectivity index (χ1n) is 5.88. The summed E-state index contributed by atoms with van der Waals surface area (Å²) < 4.78 is 39.9. The monoisotopic (exact) mass is 328 g/mol. The topological polar surface area (TPSA) is 96.4 Å². The van der Waals surface area contributed by atoms with Gasteiger partial charge >= 0.3 is 46.0 Å². The molecule has 1 N–H and O–H groups in total. The maximum Gasteiger partial charge on any atom is 1.00 e. The maximum atomic E-state index is 12.2. The van der Waals surface area contributed by atoms with E-state index in [0.29, 0.717) is 16.2 Å². The van der Waals surface area contributed by atoms with Crippen LogP contribution < -0.4 is 29.6 Å². The smallest absolute Gasteiger partial charge is 1.00 e. The van der Waals surface area contributed by atoms with Crippen LogP contribution in [0.5, 0.6) is 0 Å². The van der Waals surface area contributed by atoms with Crippen LogP contribution in [0, 0.1) is 0 Å². The van der Waals surface area contributed by atoms with E-state index in [1.165, 1.54) is 12.0 Å². The Hall–Kier alpha value is -0.420. The van der Waals surface area contributed by atoms with Gasteiger partial charge in [0.2, 0.25) is 0 Å². The largest absolute Gasteiger partial charge is 1.00 e. The number of ether oxygens (including phenoxy) is 1. The molecule has 0 aromatic heterocycles. The van der Waals surface area contributed by atoms with Crippen molar-refractivity contribution in [1.82, 2.24) is 9.96 Å². The minimum absolute atomic E-state index is 0. The van der Waals surface area contributed by atoms with Crippen LogP contribution in [0.1, 0.15) is 8.35 Å². The van der Waals surface area contributed by atoms with E-state index in [4.69, 9.17) is 9.29 Å². The van der Waals surface area contributed by atoms with E-state index < -0.39 is 22.5 Å². The Morgan fingerprint density at radius 1 is 1.62 bits per heavy atom. The minimum Gasteiger partial charge on any atom is -1.00 e. The number of carbonyl (C=O) groups is 1. The number of amides is 2. The predicted molar refractivity (Wildman–Crippen MR) is 70.0 cm³/mol. The Balaban J connectivity index is 0.00000220. The first-order valence-corrected chi connectivity index (χ1v) is 7.24. The van der Waals surface area contributed by atoms with Crippen LogP contribution in [0.4, 0.5) is 4.79 Å². The number of hydroxylamine groups is 2. The normalized spacial score (nSPS) is 24.7. The number of urea groups is 1. The first-order chi connectivity index (χ1) is 9.24. The van der Waals surface area contributed by atoms with Crippen molar-refractivity contribution < 1.29 is 57.8 Å². The Kier molecular flexibility index (Phi) is 6.01. The second-order valence-electron chi connectivity index (χ2n) is 4.70. The molecule has 0 aliphatic carbocycles. The third kappa shape index (κ3) is 3.86. The van der Waals surface area contributed by atoms with Crippen LogP contribution in [0.15, 0.2) is 23.8 Å². The van der Waals surface area contributed by atoms with Crippen LogP contribution in [0.2, 0.25) is 0 Å². The van der Waals surface area contributed by atoms with Crippen LogP contribution in [0.25, 0.3) is 0 Å². The van der Waals surface area contributed by atoms with Gasteiger partial charge in [0.15, 0.2) is 0 Å². The number of hydrogen-bond acceptors (Lipinski definition) is 5. The van der Waals surface area contributed by atoms with E-state index in [0.717, 1.165) is 0 Å². The van der Waals surface area contributed by atoms with E-state index >= 15 is 0 Å². The average Bonchev–Trinajstić information content (AvgIpc) is 2.57. The number of rotatable bonds is 5. The summed E-state index contributed by atoms with van der Waals surface area (Å²) in [6.45, 7) is 6.09. The zero-order valence-electron chi connectivity index (χ0n) is 13.1. The average molecular weight is 328 g/mol. The zero-order valence-corrected chi connectivity index (χ0v) is 15.0. The summed E-state index contributed by atoms with van der Waals surface area (Å²) in [4.78, 5) is 13.6. The molecule has 2 aliphatic rings. The van der Waals surface area contributed by atoms with Gasteiger partial charge in [0.05, 0.1) is 19.2 Å². The van der Waals surface area contributed by atoms with Crippen LogP contribution in [0.3, 0.4) is 0 Å². The summed E-state index contributed by atoms with van der Waals surface area (Å²) in [6, 6.07) is -1.58. The van der Waals surface area contributed by atoms with Gasteiger partial charge in [-0.2, -0.15) is 13.5 Å². The molecule has 2 rings (SSSR count). The van der Waals surface area contributed by atoms with Gasteiger partial charge in [-0.05, 0) is 12.5 Å². The molecule has 21 heavy (non-hydrogen) atoms. The van der Waals surface area contributed by atoms with Crippen molar-refractivity contribution in [3.05, 3.63) is 23.8 Å². The maximum absolute atomic E-state index is 12.2. The number of fused-ring (bicyclic) bond motifs is 2. The molecule has 0 spiro atoms. The molecule has 0 aromatic rings. The summed E-state index contributed by atoms with van der Waals surface area (Å²) in [5.74, 6) is 0. The molecule has 1 saturated heterocycles. The second-order valence-corrected chi connectivity index (χ2v) is 5.71. The fraction of sp³-hybridized carbons (Fsp3) is 0.545. The van der Waals surface area contributed by atoms with E-state index in [2.05, 4.69) is 10.9 Å². The van der Waals surface area contributed by atoms with Crippen molar-refractivity contribution in [2.24, 2.45) is 0 Å². The standard InChI is InChI=1S/C11H16N2O6S.Na.H/c1-7(2)9-4-8(6-18-3)12-5-10(9)13(11(12)14)19-20(15,16)17;;/h4,8,10H,1,5-6H2,2-3H3,(H,15,16,17);;/q;+1;-1. The quantitative estimate of drug-likeness (QED) is 0.442. The van der Waals surface area contributed by atoms with Gasteiger partial charge in [-0.25, -0.2) is 4.79 Å². The van der Waals surface area contributed by atoms with Gasteiger partial charge < -0.3 is 11.1 Å². The minimum atomic E-state index is -4.77. The van der Waals surface area contributed by atoms with Crippen molar-refractivity contribution in [1.29, 1.82) is 0 Å². The van der Waals surface area contributed by atoms with Crippen molar-refractivity contribution in [2.45, 2.75) is 19.0 Å². The SMILES string of the molecule is C=C(C)C1=CC(COC)N2CC1N(OS(=O)(=O)O)C2=O.[H-].[Na+]. The molecule has 2 heterocycles. The fourth-order valence-corrected chi connectivity index (χ4v) is 2.80. The van der Waals surface area contributed by atoms with E-state index in [9.17, 15) is 13.2 Å². The summed E-state index contributed by atoms with van der Waals surface area (Å²) in [5, 5.41) is 0.658. The van der Waals surface area contributed by atoms with Crippen molar-refractivity contribution in [2.75, 3.05) is 20.3 Å². The van der Waals surface area contributed by atoms with Gasteiger partial charge in [-0.15, -0.1) is 4.28 Å². The molecular weight excluding hydrogens is 311 g/mol. The summed E-state index contributed by atoms with van der Waals surface area (Å²) in [6.07, 6.45) is 1.80. The van der Waals surface area contributed by atoms with Gasteiger partial charge in [0.1, 0.15) is 6.04 Å². The summed E-state index contributed by atoms with van der Waals surface area (Å²) in [7, 11) is -3.26. The number of methoxy groups -OCH3 is 1. The van der Waals surface area contributed by atoms with E-state index in [1.807, 2.05) is 0 Å². The molecule has 0 radical (unpaired) electrons. The first kappa shape index (κ1) is 18.6. The summed E-state index contributed by atoms with van der Waals surface area (Å²) >= 11 is 0. The molecule has 0 aromatic carbocycles. The van der Waals surface area contributed by atoms with Crippen LogP contribution >= 0.6 is 0 Å². The van der Waals surface area contributed by atoms with Gasteiger partial charge in [0, 0.05) is 7.11 Å². The molecule has 1 fully saturated rings. The third-order valence-electron chi connectivity index (χ3n) is 3.22. The van der Waals surface area contributed by atoms with Crippen molar-refractivity contribution in [3.8, 4) is 0 Å². The van der Waals surface area contributed by atoms with E-state index in [1.54, 1.807) is 13.0 Å². The molecule has 2 unspecified atom stereocenters. The van der Waals surface area contributed by atoms with Crippen LogP contribution in [-0.2, 0) is 19.4 Å². The van der Waals surface area contributed by atoms with Gasteiger partial charge in [0.25, 0.3) is 0 Å². The molecule has 114 valence electrons. The Morgan fingerprint density at radius 3 is 2.71 bits per heavy atom. The second kappa shape index (κ2) is 6.78. The van der Waals surface area contributed by atoms with Crippen molar-refractivity contribution in [3.63, 3.8) is 0 Å². The Labute approximate surface area is 147 Å².